The van der Waals surface area contributed by atoms with E-state index < -0.39 is 0 Å². The average Bonchev–Trinajstić information content (AvgIpc) is 3.43. The van der Waals surface area contributed by atoms with Crippen LogP contribution in [-0.2, 0) is 29.1 Å². The van der Waals surface area contributed by atoms with Crippen LogP contribution in [0.15, 0.2) is 41.5 Å². The third-order valence-corrected chi connectivity index (χ3v) is 7.01. The Morgan fingerprint density at radius 1 is 0.944 bits per heavy atom. The van der Waals surface area contributed by atoms with Gasteiger partial charge in [0.25, 0.3) is 0 Å². The second-order valence-electron chi connectivity index (χ2n) is 9.23. The van der Waals surface area contributed by atoms with Crippen LogP contribution in [0.1, 0.15) is 74.0 Å². The van der Waals surface area contributed by atoms with Crippen molar-refractivity contribution in [3.8, 4) is 5.69 Å². The van der Waals surface area contributed by atoms with Gasteiger partial charge in [0, 0.05) is 49.6 Å². The summed E-state index contributed by atoms with van der Waals surface area (Å²) in [5.74, 6) is 0.589. The number of aldehydes is 2. The first-order chi connectivity index (χ1) is 17.4. The Balaban J connectivity index is 2.10. The summed E-state index contributed by atoms with van der Waals surface area (Å²) in [4.78, 5) is 54.2. The highest BCUT2D eigenvalue weighted by atomic mass is 16.2. The van der Waals surface area contributed by atoms with Crippen molar-refractivity contribution in [2.24, 2.45) is 11.8 Å². The Morgan fingerprint density at radius 3 is 2.00 bits per heavy atom. The van der Waals surface area contributed by atoms with Gasteiger partial charge < -0.3 is 14.2 Å². The molecule has 0 aliphatic carbocycles. The molecule has 36 heavy (non-hydrogen) atoms. The van der Waals surface area contributed by atoms with Crippen LogP contribution in [0, 0.1) is 18.8 Å². The van der Waals surface area contributed by atoms with E-state index >= 15 is 0 Å². The molecule has 2 unspecified atom stereocenters. The minimum atomic E-state index is -0.255. The number of aryl methyl sites for hydroxylation is 1. The molecule has 3 aromatic rings. The Bertz CT molecular complexity index is 1250. The molecular weight excluding hydrogens is 456 g/mol. The van der Waals surface area contributed by atoms with E-state index in [0.29, 0.717) is 55.7 Å². The van der Waals surface area contributed by atoms with Crippen LogP contribution in [0.5, 0.6) is 0 Å². The first-order valence-electron chi connectivity index (χ1n) is 12.7. The quantitative estimate of drug-likeness (QED) is 0.249. The second kappa shape index (κ2) is 12.4. The third-order valence-electron chi connectivity index (χ3n) is 7.01. The number of benzene rings is 1. The number of ketones is 1. The molecule has 1 aromatic carbocycles. The lowest BCUT2D eigenvalue weighted by atomic mass is 10.0. The molecular formula is C28H36N4O4. The largest absolute Gasteiger partial charge is 0.328 e. The van der Waals surface area contributed by atoms with Crippen molar-refractivity contribution in [2.45, 2.75) is 72.9 Å². The number of nitrogens with zero attached hydrogens (tertiary/aromatic N) is 4. The lowest BCUT2D eigenvalue weighted by Gasteiger charge is -2.15. The Morgan fingerprint density at radius 2 is 1.53 bits per heavy atom. The number of hydrogen-bond donors (Lipinski definition) is 0. The highest BCUT2D eigenvalue weighted by Gasteiger charge is 2.27. The van der Waals surface area contributed by atoms with Gasteiger partial charge in [0.2, 0.25) is 5.78 Å². The first kappa shape index (κ1) is 27.0. The van der Waals surface area contributed by atoms with E-state index in [1.54, 1.807) is 27.5 Å². The Kier molecular flexibility index (Phi) is 9.33. The van der Waals surface area contributed by atoms with Gasteiger partial charge in [-0.05, 0) is 49.4 Å². The van der Waals surface area contributed by atoms with Gasteiger partial charge in [0.05, 0.1) is 5.69 Å². The van der Waals surface area contributed by atoms with E-state index in [0.717, 1.165) is 30.5 Å². The van der Waals surface area contributed by atoms with Crippen molar-refractivity contribution >= 4 is 18.4 Å². The lowest BCUT2D eigenvalue weighted by Crippen LogP contribution is -2.30. The van der Waals surface area contributed by atoms with Crippen LogP contribution in [0.25, 0.3) is 5.69 Å². The highest BCUT2D eigenvalue weighted by molar-refractivity contribution is 6.08. The summed E-state index contributed by atoms with van der Waals surface area (Å²) < 4.78 is 5.16. The zero-order chi connectivity index (χ0) is 26.2. The average molecular weight is 493 g/mol. The van der Waals surface area contributed by atoms with Crippen molar-refractivity contribution < 1.29 is 14.4 Å². The van der Waals surface area contributed by atoms with Gasteiger partial charge in [0.15, 0.2) is 0 Å². The van der Waals surface area contributed by atoms with Gasteiger partial charge in [0.1, 0.15) is 24.1 Å². The summed E-state index contributed by atoms with van der Waals surface area (Å²) in [6.45, 7) is 8.49. The highest BCUT2D eigenvalue weighted by Crippen LogP contribution is 2.22. The molecule has 3 rings (SSSR count). The topological polar surface area (TPSA) is 96.0 Å². The fraction of sp³-hybridized carbons (Fsp3) is 0.464. The minimum Gasteiger partial charge on any atom is -0.304 e. The first-order valence-corrected chi connectivity index (χ1v) is 12.7. The molecule has 0 aliphatic heterocycles. The molecule has 2 aromatic heterocycles. The summed E-state index contributed by atoms with van der Waals surface area (Å²) in [6, 6.07) is 7.27. The maximum absolute atomic E-state index is 13.9. The molecule has 0 bridgehead atoms. The van der Waals surface area contributed by atoms with E-state index in [-0.39, 0.29) is 23.3 Å². The predicted molar refractivity (Wildman–Crippen MR) is 139 cm³/mol. The third kappa shape index (κ3) is 5.64. The molecule has 0 spiro atoms. The summed E-state index contributed by atoms with van der Waals surface area (Å²) in [6.07, 6.45) is 7.98. The smallest absolute Gasteiger partial charge is 0.304 e. The molecule has 0 N–H and O–H groups in total. The van der Waals surface area contributed by atoms with Crippen LogP contribution in [0.4, 0.5) is 0 Å². The molecule has 0 aliphatic rings. The second-order valence-corrected chi connectivity index (χ2v) is 9.23. The fourth-order valence-corrected chi connectivity index (χ4v) is 4.70. The fourth-order valence-electron chi connectivity index (χ4n) is 4.70. The number of rotatable bonds is 14. The summed E-state index contributed by atoms with van der Waals surface area (Å²) >= 11 is 0. The van der Waals surface area contributed by atoms with Crippen LogP contribution in [0.2, 0.25) is 0 Å². The number of carbonyl (C=O) groups is 3. The molecule has 0 radical (unpaired) electrons. The SMILES string of the molecule is CCc1c(C(=O)c2ccc(-n3ccnc3C)cc2)n(CC(CC)CC=O)c(=O)n1CC(CC)CC=O. The van der Waals surface area contributed by atoms with Gasteiger partial charge >= 0.3 is 5.69 Å². The molecule has 2 atom stereocenters. The zero-order valence-corrected chi connectivity index (χ0v) is 21.6. The summed E-state index contributed by atoms with van der Waals surface area (Å²) in [5, 5.41) is 0. The monoisotopic (exact) mass is 492 g/mol. The van der Waals surface area contributed by atoms with Gasteiger partial charge in [-0.1, -0.05) is 33.6 Å². The van der Waals surface area contributed by atoms with Crippen molar-refractivity contribution in [2.75, 3.05) is 0 Å². The van der Waals surface area contributed by atoms with Crippen LogP contribution < -0.4 is 5.69 Å². The lowest BCUT2D eigenvalue weighted by molar-refractivity contribution is -0.109. The van der Waals surface area contributed by atoms with Gasteiger partial charge in [-0.15, -0.1) is 0 Å². The number of aromatic nitrogens is 4. The van der Waals surface area contributed by atoms with Gasteiger partial charge in [-0.2, -0.15) is 0 Å². The zero-order valence-electron chi connectivity index (χ0n) is 21.6. The molecule has 0 saturated carbocycles. The van der Waals surface area contributed by atoms with E-state index in [1.807, 2.05) is 50.6 Å². The van der Waals surface area contributed by atoms with Crippen molar-refractivity contribution in [1.29, 1.82) is 0 Å². The number of carbonyl (C=O) groups excluding carboxylic acids is 3. The normalized spacial score (nSPS) is 12.9. The molecule has 0 amide bonds. The maximum Gasteiger partial charge on any atom is 0.328 e. The minimum absolute atomic E-state index is 0.0129. The van der Waals surface area contributed by atoms with Crippen LogP contribution >= 0.6 is 0 Å². The van der Waals surface area contributed by atoms with E-state index in [9.17, 15) is 19.2 Å². The van der Waals surface area contributed by atoms with E-state index in [4.69, 9.17) is 0 Å². The van der Waals surface area contributed by atoms with Crippen molar-refractivity contribution in [3.63, 3.8) is 0 Å². The van der Waals surface area contributed by atoms with Crippen molar-refractivity contribution in [1.82, 2.24) is 18.7 Å². The molecule has 0 saturated heterocycles. The van der Waals surface area contributed by atoms with Crippen molar-refractivity contribution in [3.05, 3.63) is 69.9 Å². The molecule has 192 valence electrons. The van der Waals surface area contributed by atoms with Gasteiger partial charge in [-0.25, -0.2) is 9.78 Å². The number of hydrogen-bond acceptors (Lipinski definition) is 5. The summed E-state index contributed by atoms with van der Waals surface area (Å²) in [5.41, 5.74) is 2.17. The predicted octanol–water partition coefficient (Wildman–Crippen LogP) is 4.17. The number of imidazole rings is 2. The van der Waals surface area contributed by atoms with Crippen LogP contribution in [-0.4, -0.2) is 37.0 Å². The standard InChI is InChI=1S/C28H36N4O4/c1-5-21(12-16-33)18-31-25(7-3)26(32(28(31)36)19-22(6-2)13-17-34)27(35)23-8-10-24(11-9-23)30-15-14-29-20(30)4/h8-11,14-17,21-22H,5-7,12-13,18-19H2,1-4H3. The molecule has 8 heteroatoms. The Labute approximate surface area is 212 Å². The molecule has 2 heterocycles. The molecule has 0 fully saturated rings. The van der Waals surface area contributed by atoms with Gasteiger partial charge in [-0.3, -0.25) is 13.9 Å². The summed E-state index contributed by atoms with van der Waals surface area (Å²) in [7, 11) is 0. The molecule has 8 nitrogen and oxygen atoms in total. The maximum atomic E-state index is 13.9. The van der Waals surface area contributed by atoms with E-state index in [1.165, 1.54) is 0 Å². The Hall–Kier alpha value is -3.55. The van der Waals surface area contributed by atoms with Crippen LogP contribution in [0.3, 0.4) is 0 Å². The van der Waals surface area contributed by atoms with E-state index in [2.05, 4.69) is 4.98 Å².